The van der Waals surface area contributed by atoms with Gasteiger partial charge in [-0.05, 0) is 18.6 Å². The predicted octanol–water partition coefficient (Wildman–Crippen LogP) is 3.10. The molecule has 2 rings (SSSR count). The van der Waals surface area contributed by atoms with Gasteiger partial charge in [-0.25, -0.2) is 14.8 Å². The van der Waals surface area contributed by atoms with E-state index >= 15 is 0 Å². The van der Waals surface area contributed by atoms with Crippen LogP contribution in [0.2, 0.25) is 0 Å². The summed E-state index contributed by atoms with van der Waals surface area (Å²) in [6.07, 6.45) is 4.44. The average molecular weight is 263 g/mol. The van der Waals surface area contributed by atoms with Crippen molar-refractivity contribution in [1.82, 2.24) is 9.97 Å². The van der Waals surface area contributed by atoms with Gasteiger partial charge in [0.1, 0.15) is 17.9 Å². The summed E-state index contributed by atoms with van der Waals surface area (Å²) in [7, 11) is 0. The molecule has 1 amide bonds. The number of aryl methyl sites for hydroxylation is 1. The summed E-state index contributed by atoms with van der Waals surface area (Å²) in [4.78, 5) is 20.4. The van der Waals surface area contributed by atoms with Crippen molar-refractivity contribution >= 4 is 23.2 Å². The summed E-state index contributed by atoms with van der Waals surface area (Å²) in [6, 6.07) is 3.48. The van der Waals surface area contributed by atoms with Crippen LogP contribution in [0.4, 0.5) is 10.6 Å². The van der Waals surface area contributed by atoms with Gasteiger partial charge >= 0.3 is 6.09 Å². The molecular weight excluding hydrogens is 250 g/mol. The fourth-order valence-corrected chi connectivity index (χ4v) is 2.28. The van der Waals surface area contributed by atoms with Crippen LogP contribution >= 0.6 is 11.3 Å². The third kappa shape index (κ3) is 3.53. The van der Waals surface area contributed by atoms with Gasteiger partial charge < -0.3 is 4.74 Å². The number of carbonyl (C=O) groups excluding carboxylic acids is 1. The minimum atomic E-state index is -0.547. The molecule has 18 heavy (non-hydrogen) atoms. The third-order valence-electron chi connectivity index (χ3n) is 2.15. The van der Waals surface area contributed by atoms with Crippen molar-refractivity contribution in [2.45, 2.75) is 19.8 Å². The minimum absolute atomic E-state index is 0.416. The van der Waals surface area contributed by atoms with E-state index < -0.39 is 6.09 Å². The molecule has 0 unspecified atom stereocenters. The van der Waals surface area contributed by atoms with Crippen LogP contribution in [0.5, 0.6) is 5.75 Å². The Morgan fingerprint density at radius 2 is 2.44 bits per heavy atom. The lowest BCUT2D eigenvalue weighted by molar-refractivity contribution is 0.215. The first-order chi connectivity index (χ1) is 8.78. The molecule has 0 spiro atoms. The molecule has 0 saturated heterocycles. The highest BCUT2D eigenvalue weighted by molar-refractivity contribution is 7.10. The summed E-state index contributed by atoms with van der Waals surface area (Å²) >= 11 is 1.59. The molecule has 2 heterocycles. The van der Waals surface area contributed by atoms with Gasteiger partial charge in [-0.3, -0.25) is 5.32 Å². The van der Waals surface area contributed by atoms with Crippen LogP contribution in [0.3, 0.4) is 0 Å². The molecule has 0 atom stereocenters. The number of amides is 1. The number of ether oxygens (including phenoxy) is 1. The smallest absolute Gasteiger partial charge is 0.409 e. The van der Waals surface area contributed by atoms with Crippen molar-refractivity contribution in [2.75, 3.05) is 5.32 Å². The number of aromatic nitrogens is 2. The summed E-state index contributed by atoms with van der Waals surface area (Å²) in [6.45, 7) is 2.11. The molecule has 0 fully saturated rings. The highest BCUT2D eigenvalue weighted by Crippen LogP contribution is 2.23. The fraction of sp³-hybridized carbons (Fsp3) is 0.250. The maximum absolute atomic E-state index is 11.6. The Balaban J connectivity index is 1.90. The molecule has 94 valence electrons. The predicted molar refractivity (Wildman–Crippen MR) is 70.0 cm³/mol. The second kappa shape index (κ2) is 6.11. The Kier molecular flexibility index (Phi) is 4.25. The molecular formula is C12H13N3O2S. The van der Waals surface area contributed by atoms with Crippen molar-refractivity contribution in [1.29, 1.82) is 0 Å². The van der Waals surface area contributed by atoms with E-state index in [9.17, 15) is 4.79 Å². The zero-order valence-electron chi connectivity index (χ0n) is 9.92. The molecule has 6 heteroatoms. The fourth-order valence-electron chi connectivity index (χ4n) is 1.39. The maximum Gasteiger partial charge on any atom is 0.418 e. The monoisotopic (exact) mass is 263 g/mol. The molecule has 0 aromatic carbocycles. The number of nitrogens with zero attached hydrogens (tertiary/aromatic N) is 2. The molecule has 2 aromatic rings. The Bertz CT molecular complexity index is 513. The minimum Gasteiger partial charge on any atom is -0.409 e. The number of carbonyl (C=O) groups is 1. The van der Waals surface area contributed by atoms with E-state index in [4.69, 9.17) is 4.74 Å². The molecule has 0 radical (unpaired) electrons. The van der Waals surface area contributed by atoms with Crippen molar-refractivity contribution < 1.29 is 9.53 Å². The number of hydrogen-bond acceptors (Lipinski definition) is 5. The van der Waals surface area contributed by atoms with E-state index in [1.54, 1.807) is 23.6 Å². The Labute approximate surface area is 109 Å². The van der Waals surface area contributed by atoms with Crippen LogP contribution in [-0.2, 0) is 6.42 Å². The SMILES string of the molecule is CCCc1cc(OC(=O)Nc2ccncn2)cs1. The van der Waals surface area contributed by atoms with E-state index in [1.807, 2.05) is 11.4 Å². The quantitative estimate of drug-likeness (QED) is 0.920. The molecule has 0 aliphatic heterocycles. The normalized spacial score (nSPS) is 10.1. The number of thiophene rings is 1. The van der Waals surface area contributed by atoms with E-state index in [2.05, 4.69) is 22.2 Å². The second-order valence-corrected chi connectivity index (χ2v) is 4.60. The summed E-state index contributed by atoms with van der Waals surface area (Å²) in [5, 5.41) is 4.35. The lowest BCUT2D eigenvalue weighted by Crippen LogP contribution is -2.17. The first-order valence-corrected chi connectivity index (χ1v) is 6.48. The summed E-state index contributed by atoms with van der Waals surface area (Å²) < 4.78 is 5.15. The van der Waals surface area contributed by atoms with Crippen LogP contribution in [0.15, 0.2) is 30.0 Å². The van der Waals surface area contributed by atoms with Crippen LogP contribution in [-0.4, -0.2) is 16.1 Å². The number of anilines is 1. The molecule has 0 aliphatic rings. The topological polar surface area (TPSA) is 64.1 Å². The van der Waals surface area contributed by atoms with Crippen molar-refractivity contribution in [3.8, 4) is 5.75 Å². The number of nitrogens with one attached hydrogen (secondary N) is 1. The molecule has 0 aliphatic carbocycles. The first-order valence-electron chi connectivity index (χ1n) is 5.60. The van der Waals surface area contributed by atoms with E-state index in [0.717, 1.165) is 12.8 Å². The van der Waals surface area contributed by atoms with Gasteiger partial charge in [0.2, 0.25) is 0 Å². The van der Waals surface area contributed by atoms with E-state index in [0.29, 0.717) is 11.6 Å². The molecule has 0 bridgehead atoms. The zero-order valence-corrected chi connectivity index (χ0v) is 10.7. The lowest BCUT2D eigenvalue weighted by atomic mass is 10.3. The van der Waals surface area contributed by atoms with Gasteiger partial charge in [0, 0.05) is 16.5 Å². The van der Waals surface area contributed by atoms with Gasteiger partial charge in [0.15, 0.2) is 0 Å². The van der Waals surface area contributed by atoms with Crippen LogP contribution in [0, 0.1) is 0 Å². The van der Waals surface area contributed by atoms with E-state index in [1.165, 1.54) is 11.2 Å². The Morgan fingerprint density at radius 3 is 3.17 bits per heavy atom. The van der Waals surface area contributed by atoms with E-state index in [-0.39, 0.29) is 0 Å². The highest BCUT2D eigenvalue weighted by atomic mass is 32.1. The van der Waals surface area contributed by atoms with Gasteiger partial charge in [-0.2, -0.15) is 0 Å². The number of rotatable bonds is 4. The maximum atomic E-state index is 11.6. The highest BCUT2D eigenvalue weighted by Gasteiger charge is 2.07. The molecule has 1 N–H and O–H groups in total. The van der Waals surface area contributed by atoms with Gasteiger partial charge in [0.25, 0.3) is 0 Å². The van der Waals surface area contributed by atoms with Crippen LogP contribution in [0.25, 0.3) is 0 Å². The van der Waals surface area contributed by atoms with Gasteiger partial charge in [-0.1, -0.05) is 13.3 Å². The third-order valence-corrected chi connectivity index (χ3v) is 3.12. The molecule has 5 nitrogen and oxygen atoms in total. The standard InChI is InChI=1S/C12H13N3O2S/c1-2-3-10-6-9(7-18-10)17-12(16)15-11-4-5-13-8-14-11/h4-8H,2-3H2,1H3,(H,13,14,15,16). The number of hydrogen-bond donors (Lipinski definition) is 1. The first kappa shape index (κ1) is 12.5. The van der Waals surface area contributed by atoms with Crippen LogP contribution in [0.1, 0.15) is 18.2 Å². The van der Waals surface area contributed by atoms with Crippen molar-refractivity contribution in [3.05, 3.63) is 34.9 Å². The zero-order chi connectivity index (χ0) is 12.8. The van der Waals surface area contributed by atoms with Crippen LogP contribution < -0.4 is 10.1 Å². The molecule has 0 saturated carbocycles. The van der Waals surface area contributed by atoms with Crippen molar-refractivity contribution in [3.63, 3.8) is 0 Å². The lowest BCUT2D eigenvalue weighted by Gasteiger charge is -2.03. The van der Waals surface area contributed by atoms with Crippen molar-refractivity contribution in [2.24, 2.45) is 0 Å². The van der Waals surface area contributed by atoms with Gasteiger partial charge in [0.05, 0.1) is 0 Å². The largest absolute Gasteiger partial charge is 0.418 e. The molecule has 2 aromatic heterocycles. The summed E-state index contributed by atoms with van der Waals surface area (Å²) in [5.41, 5.74) is 0. The average Bonchev–Trinajstić information content (AvgIpc) is 2.78. The Hall–Kier alpha value is -1.95. The van der Waals surface area contributed by atoms with Gasteiger partial charge in [-0.15, -0.1) is 11.3 Å². The Morgan fingerprint density at radius 1 is 1.56 bits per heavy atom. The summed E-state index contributed by atoms with van der Waals surface area (Å²) in [5.74, 6) is 0.981. The second-order valence-electron chi connectivity index (χ2n) is 3.61.